The molecule has 0 bridgehead atoms. The summed E-state index contributed by atoms with van der Waals surface area (Å²) in [5.74, 6) is 2.87. The van der Waals surface area contributed by atoms with E-state index in [2.05, 4.69) is 22.2 Å². The van der Waals surface area contributed by atoms with Crippen molar-refractivity contribution in [3.05, 3.63) is 36.2 Å². The zero-order chi connectivity index (χ0) is 14.5. The van der Waals surface area contributed by atoms with Crippen LogP contribution in [0.4, 0.5) is 5.82 Å². The highest BCUT2D eigenvalue weighted by Gasteiger charge is 2.16. The van der Waals surface area contributed by atoms with Crippen LogP contribution in [0.5, 0.6) is 17.4 Å². The van der Waals surface area contributed by atoms with Gasteiger partial charge in [0.2, 0.25) is 12.7 Å². The summed E-state index contributed by atoms with van der Waals surface area (Å²) in [6.45, 7) is 3.57. The zero-order valence-corrected chi connectivity index (χ0v) is 11.8. The summed E-state index contributed by atoms with van der Waals surface area (Å²) in [5, 5.41) is 3.24. The minimum atomic E-state index is 0.273. The maximum atomic E-state index is 5.49. The third kappa shape index (κ3) is 3.16. The molecule has 2 heterocycles. The largest absolute Gasteiger partial charge is 0.478 e. The summed E-state index contributed by atoms with van der Waals surface area (Å²) in [7, 11) is 0. The summed E-state index contributed by atoms with van der Waals surface area (Å²) in [5.41, 5.74) is 1.03. The highest BCUT2D eigenvalue weighted by molar-refractivity contribution is 5.50. The molecule has 1 aromatic carbocycles. The molecule has 0 amide bonds. The second kappa shape index (κ2) is 6.30. The van der Waals surface area contributed by atoms with Gasteiger partial charge in [0.15, 0.2) is 11.5 Å². The van der Waals surface area contributed by atoms with Crippen molar-refractivity contribution in [2.24, 2.45) is 0 Å². The fourth-order valence-corrected chi connectivity index (χ4v) is 2.04. The van der Waals surface area contributed by atoms with Crippen LogP contribution in [0.15, 0.2) is 30.6 Å². The Hall–Kier alpha value is -2.50. The molecule has 0 radical (unpaired) electrons. The fourth-order valence-electron chi connectivity index (χ4n) is 2.04. The SMILES string of the molecule is CCCOc1cc(NCc2cccc3c2OCO3)ncn1. The predicted molar refractivity (Wildman–Crippen MR) is 77.7 cm³/mol. The number of hydrogen-bond donors (Lipinski definition) is 1. The van der Waals surface area contributed by atoms with Gasteiger partial charge in [0.05, 0.1) is 6.61 Å². The Balaban J connectivity index is 1.66. The first-order valence-electron chi connectivity index (χ1n) is 6.93. The van der Waals surface area contributed by atoms with Crippen molar-refractivity contribution in [1.29, 1.82) is 0 Å². The quantitative estimate of drug-likeness (QED) is 0.881. The van der Waals surface area contributed by atoms with Crippen LogP contribution in [0.2, 0.25) is 0 Å². The molecule has 6 nitrogen and oxygen atoms in total. The van der Waals surface area contributed by atoms with E-state index in [0.29, 0.717) is 24.8 Å². The second-order valence-corrected chi connectivity index (χ2v) is 4.59. The van der Waals surface area contributed by atoms with Crippen LogP contribution >= 0.6 is 0 Å². The van der Waals surface area contributed by atoms with Gasteiger partial charge in [0, 0.05) is 18.2 Å². The number of nitrogens with one attached hydrogen (secondary N) is 1. The first-order chi connectivity index (χ1) is 10.4. The van der Waals surface area contributed by atoms with Gasteiger partial charge in [-0.1, -0.05) is 19.1 Å². The van der Waals surface area contributed by atoms with E-state index in [1.54, 1.807) is 6.07 Å². The second-order valence-electron chi connectivity index (χ2n) is 4.59. The van der Waals surface area contributed by atoms with Crippen molar-refractivity contribution in [3.8, 4) is 17.4 Å². The van der Waals surface area contributed by atoms with E-state index in [1.165, 1.54) is 6.33 Å². The zero-order valence-electron chi connectivity index (χ0n) is 11.8. The molecular weight excluding hydrogens is 270 g/mol. The molecule has 1 aromatic heterocycles. The lowest BCUT2D eigenvalue weighted by atomic mass is 10.2. The van der Waals surface area contributed by atoms with Gasteiger partial charge < -0.3 is 19.5 Å². The number of anilines is 1. The van der Waals surface area contributed by atoms with Crippen LogP contribution in [0.25, 0.3) is 0 Å². The Bertz CT molecular complexity index is 619. The minimum Gasteiger partial charge on any atom is -0.478 e. The van der Waals surface area contributed by atoms with Crippen molar-refractivity contribution in [2.75, 3.05) is 18.7 Å². The van der Waals surface area contributed by atoms with Gasteiger partial charge >= 0.3 is 0 Å². The molecule has 6 heteroatoms. The van der Waals surface area contributed by atoms with Gasteiger partial charge in [-0.05, 0) is 12.5 Å². The minimum absolute atomic E-state index is 0.273. The molecule has 0 unspecified atom stereocenters. The summed E-state index contributed by atoms with van der Waals surface area (Å²) < 4.78 is 16.3. The Morgan fingerprint density at radius 1 is 1.29 bits per heavy atom. The normalized spacial score (nSPS) is 12.2. The topological polar surface area (TPSA) is 65.5 Å². The molecule has 2 aromatic rings. The van der Waals surface area contributed by atoms with Crippen molar-refractivity contribution in [2.45, 2.75) is 19.9 Å². The maximum absolute atomic E-state index is 5.49. The molecule has 0 atom stereocenters. The van der Waals surface area contributed by atoms with E-state index in [0.717, 1.165) is 23.5 Å². The van der Waals surface area contributed by atoms with Gasteiger partial charge in [0.25, 0.3) is 0 Å². The molecule has 1 aliphatic rings. The molecule has 3 rings (SSSR count). The summed E-state index contributed by atoms with van der Waals surface area (Å²) in [6.07, 6.45) is 2.43. The molecule has 0 spiro atoms. The Kier molecular flexibility index (Phi) is 4.04. The lowest BCUT2D eigenvalue weighted by Crippen LogP contribution is -2.04. The van der Waals surface area contributed by atoms with E-state index >= 15 is 0 Å². The van der Waals surface area contributed by atoms with Crippen molar-refractivity contribution in [1.82, 2.24) is 9.97 Å². The van der Waals surface area contributed by atoms with Crippen LogP contribution < -0.4 is 19.5 Å². The molecule has 21 heavy (non-hydrogen) atoms. The van der Waals surface area contributed by atoms with Crippen LogP contribution in [0.3, 0.4) is 0 Å². The van der Waals surface area contributed by atoms with Gasteiger partial charge in [0.1, 0.15) is 12.1 Å². The highest BCUT2D eigenvalue weighted by atomic mass is 16.7. The van der Waals surface area contributed by atoms with E-state index in [1.807, 2.05) is 18.2 Å². The van der Waals surface area contributed by atoms with Crippen LogP contribution in [0.1, 0.15) is 18.9 Å². The number of ether oxygens (including phenoxy) is 3. The van der Waals surface area contributed by atoms with Gasteiger partial charge in [-0.3, -0.25) is 0 Å². The highest BCUT2D eigenvalue weighted by Crippen LogP contribution is 2.35. The van der Waals surface area contributed by atoms with Crippen LogP contribution in [0, 0.1) is 0 Å². The van der Waals surface area contributed by atoms with Crippen LogP contribution in [-0.4, -0.2) is 23.4 Å². The van der Waals surface area contributed by atoms with E-state index in [-0.39, 0.29) is 6.79 Å². The number of fused-ring (bicyclic) bond motifs is 1. The standard InChI is InChI=1S/C15H17N3O3/c1-2-6-19-14-7-13(17-9-18-14)16-8-11-4-3-5-12-15(11)21-10-20-12/h3-5,7,9H,2,6,8,10H2,1H3,(H,16,17,18). The van der Waals surface area contributed by atoms with Gasteiger partial charge in [-0.2, -0.15) is 0 Å². The molecule has 1 aliphatic heterocycles. The Morgan fingerprint density at radius 2 is 2.24 bits per heavy atom. The molecule has 1 N–H and O–H groups in total. The third-order valence-electron chi connectivity index (χ3n) is 3.03. The number of rotatable bonds is 6. The van der Waals surface area contributed by atoms with Crippen molar-refractivity contribution >= 4 is 5.82 Å². The lowest BCUT2D eigenvalue weighted by Gasteiger charge is -2.09. The van der Waals surface area contributed by atoms with E-state index < -0.39 is 0 Å². The molecule has 0 saturated carbocycles. The molecule has 0 saturated heterocycles. The third-order valence-corrected chi connectivity index (χ3v) is 3.03. The van der Waals surface area contributed by atoms with Crippen LogP contribution in [-0.2, 0) is 6.54 Å². The molecule has 0 fully saturated rings. The summed E-state index contributed by atoms with van der Waals surface area (Å²) in [6, 6.07) is 7.62. The average Bonchev–Trinajstić information content (AvgIpc) is 3.00. The lowest BCUT2D eigenvalue weighted by molar-refractivity contribution is 0.173. The number of para-hydroxylation sites is 1. The van der Waals surface area contributed by atoms with Crippen molar-refractivity contribution < 1.29 is 14.2 Å². The Labute approximate surface area is 123 Å². The molecule has 110 valence electrons. The van der Waals surface area contributed by atoms with Gasteiger partial charge in [-0.15, -0.1) is 0 Å². The number of benzene rings is 1. The van der Waals surface area contributed by atoms with E-state index in [4.69, 9.17) is 14.2 Å². The molecule has 0 aliphatic carbocycles. The summed E-state index contributed by atoms with van der Waals surface area (Å²) in [4.78, 5) is 8.25. The van der Waals surface area contributed by atoms with E-state index in [9.17, 15) is 0 Å². The van der Waals surface area contributed by atoms with Gasteiger partial charge in [-0.25, -0.2) is 9.97 Å². The fraction of sp³-hybridized carbons (Fsp3) is 0.333. The number of nitrogens with zero attached hydrogens (tertiary/aromatic N) is 2. The molecular formula is C15H17N3O3. The van der Waals surface area contributed by atoms with Crippen molar-refractivity contribution in [3.63, 3.8) is 0 Å². The maximum Gasteiger partial charge on any atom is 0.231 e. The number of hydrogen-bond acceptors (Lipinski definition) is 6. The first kappa shape index (κ1) is 13.5. The monoisotopic (exact) mass is 287 g/mol. The smallest absolute Gasteiger partial charge is 0.231 e. The Morgan fingerprint density at radius 3 is 3.14 bits per heavy atom. The average molecular weight is 287 g/mol. The predicted octanol–water partition coefficient (Wildman–Crippen LogP) is 2.61. The number of aromatic nitrogens is 2. The summed E-state index contributed by atoms with van der Waals surface area (Å²) >= 11 is 0. The first-order valence-corrected chi connectivity index (χ1v) is 6.93.